The molecule has 0 atom stereocenters. The number of benzene rings is 2. The third-order valence-corrected chi connectivity index (χ3v) is 3.75. The lowest BCUT2D eigenvalue weighted by Gasteiger charge is -2.12. The number of nitrogens with one attached hydrogen (secondary N) is 2. The van der Waals surface area contributed by atoms with E-state index in [1.165, 1.54) is 11.1 Å². The van der Waals surface area contributed by atoms with Gasteiger partial charge in [-0.1, -0.05) is 42.8 Å². The minimum absolute atomic E-state index is 0.183. The molecule has 0 aliphatic rings. The summed E-state index contributed by atoms with van der Waals surface area (Å²) in [7, 11) is 1.59. The van der Waals surface area contributed by atoms with E-state index in [1.807, 2.05) is 18.2 Å². The maximum absolute atomic E-state index is 11.7. The summed E-state index contributed by atoms with van der Waals surface area (Å²) in [5, 5.41) is 6.39. The Morgan fingerprint density at radius 2 is 1.86 bits per heavy atom. The molecule has 0 aromatic heterocycles. The van der Waals surface area contributed by atoms with E-state index in [4.69, 9.17) is 11.6 Å². The van der Waals surface area contributed by atoms with E-state index >= 15 is 0 Å². The summed E-state index contributed by atoms with van der Waals surface area (Å²) in [4.78, 5) is 11.7. The Kier molecular flexibility index (Phi) is 5.23. The Balaban J connectivity index is 2.15. The lowest BCUT2D eigenvalue weighted by molar-refractivity contribution is 0.0963. The Labute approximate surface area is 130 Å². The smallest absolute Gasteiger partial charge is 0.252 e. The number of amides is 1. The van der Waals surface area contributed by atoms with Crippen LogP contribution >= 0.6 is 11.6 Å². The summed E-state index contributed by atoms with van der Waals surface area (Å²) in [6, 6.07) is 13.7. The van der Waals surface area contributed by atoms with Gasteiger partial charge in [0.25, 0.3) is 5.91 Å². The lowest BCUT2D eigenvalue weighted by atomic mass is 10.1. The third-order valence-electron chi connectivity index (χ3n) is 3.42. The number of aryl methyl sites for hydroxylation is 1. The molecule has 0 bridgehead atoms. The number of carbonyl (C=O) groups is 1. The average molecular weight is 303 g/mol. The molecule has 0 unspecified atom stereocenters. The van der Waals surface area contributed by atoms with Crippen molar-refractivity contribution in [2.24, 2.45) is 0 Å². The predicted molar refractivity (Wildman–Crippen MR) is 88.0 cm³/mol. The van der Waals surface area contributed by atoms with Gasteiger partial charge in [-0.05, 0) is 35.7 Å². The van der Waals surface area contributed by atoms with Crippen LogP contribution < -0.4 is 10.6 Å². The van der Waals surface area contributed by atoms with Crippen LogP contribution in [-0.4, -0.2) is 13.0 Å². The molecule has 2 aromatic carbocycles. The third kappa shape index (κ3) is 3.76. The van der Waals surface area contributed by atoms with Crippen molar-refractivity contribution in [3.05, 3.63) is 64.2 Å². The minimum atomic E-state index is -0.183. The van der Waals surface area contributed by atoms with Crippen molar-refractivity contribution < 1.29 is 4.79 Å². The first-order valence-corrected chi connectivity index (χ1v) is 7.35. The second-order valence-electron chi connectivity index (χ2n) is 4.75. The molecular formula is C17H19ClN2O. The van der Waals surface area contributed by atoms with Crippen molar-refractivity contribution in [1.29, 1.82) is 0 Å². The molecule has 2 rings (SSSR count). The van der Waals surface area contributed by atoms with Gasteiger partial charge in [-0.2, -0.15) is 0 Å². The first-order valence-electron chi connectivity index (χ1n) is 6.98. The highest BCUT2D eigenvalue weighted by atomic mass is 35.5. The van der Waals surface area contributed by atoms with Crippen LogP contribution in [0.2, 0.25) is 5.02 Å². The molecule has 0 fully saturated rings. The summed E-state index contributed by atoms with van der Waals surface area (Å²) in [6.07, 6.45) is 1.00. The van der Waals surface area contributed by atoms with E-state index in [0.29, 0.717) is 10.6 Å². The minimum Gasteiger partial charge on any atom is -0.381 e. The summed E-state index contributed by atoms with van der Waals surface area (Å²) < 4.78 is 0. The van der Waals surface area contributed by atoms with Gasteiger partial charge in [0.2, 0.25) is 0 Å². The fourth-order valence-corrected chi connectivity index (χ4v) is 2.42. The van der Waals surface area contributed by atoms with Crippen molar-refractivity contribution >= 4 is 23.2 Å². The zero-order valence-electron chi connectivity index (χ0n) is 12.2. The Hall–Kier alpha value is -2.00. The molecular weight excluding hydrogens is 284 g/mol. The van der Waals surface area contributed by atoms with Crippen LogP contribution in [0, 0.1) is 0 Å². The first kappa shape index (κ1) is 15.4. The average Bonchev–Trinajstić information content (AvgIpc) is 2.53. The zero-order chi connectivity index (χ0) is 15.2. The monoisotopic (exact) mass is 302 g/mol. The van der Waals surface area contributed by atoms with Gasteiger partial charge >= 0.3 is 0 Å². The Bertz CT molecular complexity index is 640. The molecule has 0 radical (unpaired) electrons. The van der Waals surface area contributed by atoms with E-state index in [9.17, 15) is 4.79 Å². The quantitative estimate of drug-likeness (QED) is 0.880. The second kappa shape index (κ2) is 7.14. The summed E-state index contributed by atoms with van der Waals surface area (Å²) in [5.74, 6) is -0.183. The molecule has 0 saturated heterocycles. The lowest BCUT2D eigenvalue weighted by Crippen LogP contribution is -2.18. The van der Waals surface area contributed by atoms with Gasteiger partial charge < -0.3 is 10.6 Å². The zero-order valence-corrected chi connectivity index (χ0v) is 13.0. The van der Waals surface area contributed by atoms with Gasteiger partial charge in [0, 0.05) is 19.3 Å². The van der Waals surface area contributed by atoms with Crippen LogP contribution in [-0.2, 0) is 13.0 Å². The fraction of sp³-hybridized carbons (Fsp3) is 0.235. The molecule has 0 saturated carbocycles. The van der Waals surface area contributed by atoms with Crippen LogP contribution in [0.5, 0.6) is 0 Å². The molecule has 1 amide bonds. The van der Waals surface area contributed by atoms with E-state index in [2.05, 4.69) is 29.7 Å². The number of carbonyl (C=O) groups excluding carboxylic acids is 1. The van der Waals surface area contributed by atoms with Crippen LogP contribution in [0.3, 0.4) is 0 Å². The highest BCUT2D eigenvalue weighted by Gasteiger charge is 2.09. The van der Waals surface area contributed by atoms with Crippen molar-refractivity contribution in [3.63, 3.8) is 0 Å². The first-order chi connectivity index (χ1) is 10.2. The van der Waals surface area contributed by atoms with E-state index in [-0.39, 0.29) is 5.91 Å². The van der Waals surface area contributed by atoms with E-state index < -0.39 is 0 Å². The van der Waals surface area contributed by atoms with Crippen LogP contribution in [0.1, 0.15) is 28.4 Å². The second-order valence-corrected chi connectivity index (χ2v) is 5.16. The molecule has 4 heteroatoms. The van der Waals surface area contributed by atoms with E-state index in [1.54, 1.807) is 19.2 Å². The summed E-state index contributed by atoms with van der Waals surface area (Å²) >= 11 is 6.05. The molecule has 0 heterocycles. The molecule has 2 N–H and O–H groups in total. The molecule has 0 aliphatic heterocycles. The highest BCUT2D eigenvalue weighted by molar-refractivity contribution is 6.34. The standard InChI is InChI=1S/C17H19ClN2O/c1-3-12-6-4-5-7-13(12)11-20-14-8-9-16(18)15(10-14)17(21)19-2/h4-10,20H,3,11H2,1-2H3,(H,19,21). The van der Waals surface area contributed by atoms with Gasteiger partial charge in [-0.3, -0.25) is 4.79 Å². The topological polar surface area (TPSA) is 41.1 Å². The van der Waals surface area contributed by atoms with Gasteiger partial charge in [-0.15, -0.1) is 0 Å². The summed E-state index contributed by atoms with van der Waals surface area (Å²) in [5.41, 5.74) is 3.94. The van der Waals surface area contributed by atoms with Gasteiger partial charge in [-0.25, -0.2) is 0 Å². The Morgan fingerprint density at radius 1 is 1.14 bits per heavy atom. The van der Waals surface area contributed by atoms with Gasteiger partial charge in [0.05, 0.1) is 10.6 Å². The maximum atomic E-state index is 11.7. The number of halogens is 1. The number of anilines is 1. The molecule has 3 nitrogen and oxygen atoms in total. The van der Waals surface area contributed by atoms with Gasteiger partial charge in [0.15, 0.2) is 0 Å². The molecule has 2 aromatic rings. The van der Waals surface area contributed by atoms with Crippen LogP contribution in [0.25, 0.3) is 0 Å². The number of hydrogen-bond donors (Lipinski definition) is 2. The molecule has 21 heavy (non-hydrogen) atoms. The predicted octanol–water partition coefficient (Wildman–Crippen LogP) is 3.87. The summed E-state index contributed by atoms with van der Waals surface area (Å²) in [6.45, 7) is 2.86. The van der Waals surface area contributed by atoms with Crippen LogP contribution in [0.4, 0.5) is 5.69 Å². The van der Waals surface area contributed by atoms with Crippen molar-refractivity contribution in [3.8, 4) is 0 Å². The van der Waals surface area contributed by atoms with Crippen LogP contribution in [0.15, 0.2) is 42.5 Å². The fourth-order valence-electron chi connectivity index (χ4n) is 2.22. The number of hydrogen-bond acceptors (Lipinski definition) is 2. The molecule has 0 spiro atoms. The largest absolute Gasteiger partial charge is 0.381 e. The van der Waals surface area contributed by atoms with Crippen molar-refractivity contribution in [2.75, 3.05) is 12.4 Å². The van der Waals surface area contributed by atoms with Crippen molar-refractivity contribution in [2.45, 2.75) is 19.9 Å². The van der Waals surface area contributed by atoms with Gasteiger partial charge in [0.1, 0.15) is 0 Å². The normalized spacial score (nSPS) is 10.2. The van der Waals surface area contributed by atoms with Crippen molar-refractivity contribution in [1.82, 2.24) is 5.32 Å². The van der Waals surface area contributed by atoms with E-state index in [0.717, 1.165) is 18.7 Å². The maximum Gasteiger partial charge on any atom is 0.252 e. The number of rotatable bonds is 5. The Morgan fingerprint density at radius 3 is 2.52 bits per heavy atom. The highest BCUT2D eigenvalue weighted by Crippen LogP contribution is 2.21. The SMILES string of the molecule is CCc1ccccc1CNc1ccc(Cl)c(C(=O)NC)c1. The molecule has 0 aliphatic carbocycles. The molecule has 110 valence electrons.